The molecule has 9 heteroatoms. The van der Waals surface area contributed by atoms with Crippen LogP contribution in [0.3, 0.4) is 0 Å². The number of rotatable bonds is 5. The van der Waals surface area contributed by atoms with Crippen LogP contribution in [0.4, 0.5) is 21.7 Å². The molecular weight excluding hydrogens is 361 g/mol. The summed E-state index contributed by atoms with van der Waals surface area (Å²) in [5.41, 5.74) is 13.1. The zero-order valence-corrected chi connectivity index (χ0v) is 15.2. The average Bonchev–Trinajstić information content (AvgIpc) is 3.13. The van der Waals surface area contributed by atoms with Crippen LogP contribution in [0.2, 0.25) is 0 Å². The van der Waals surface area contributed by atoms with E-state index in [9.17, 15) is 9.18 Å². The number of H-pyrrole nitrogens is 1. The number of nitrogens with zero attached hydrogens (tertiary/aromatic N) is 2. The second kappa shape index (κ2) is 7.43. The van der Waals surface area contributed by atoms with Crippen LogP contribution in [0, 0.1) is 5.82 Å². The van der Waals surface area contributed by atoms with Gasteiger partial charge in [-0.3, -0.25) is 9.89 Å². The molecule has 146 valence electrons. The third kappa shape index (κ3) is 3.61. The Hall–Kier alpha value is -3.20. The summed E-state index contributed by atoms with van der Waals surface area (Å²) in [6.07, 6.45) is 5.51. The minimum atomic E-state index is -0.765. The molecule has 3 aromatic rings. The van der Waals surface area contributed by atoms with Crippen molar-refractivity contribution >= 4 is 34.1 Å². The van der Waals surface area contributed by atoms with E-state index in [0.29, 0.717) is 5.69 Å². The summed E-state index contributed by atoms with van der Waals surface area (Å²) in [5.74, 6) is -1.16. The average molecular weight is 383 g/mol. The van der Waals surface area contributed by atoms with E-state index >= 15 is 0 Å². The lowest BCUT2D eigenvalue weighted by Crippen LogP contribution is -2.43. The highest BCUT2D eigenvalue weighted by Crippen LogP contribution is 2.27. The molecule has 28 heavy (non-hydrogen) atoms. The second-order valence-electron chi connectivity index (χ2n) is 7.08. The predicted molar refractivity (Wildman–Crippen MR) is 106 cm³/mol. The number of benzene rings is 1. The van der Waals surface area contributed by atoms with Gasteiger partial charge in [-0.2, -0.15) is 5.10 Å². The van der Waals surface area contributed by atoms with Gasteiger partial charge < -0.3 is 22.1 Å². The molecule has 0 spiro atoms. The van der Waals surface area contributed by atoms with E-state index in [-0.39, 0.29) is 29.3 Å². The number of nitrogens with one attached hydrogen (secondary N) is 3. The number of halogens is 1. The SMILES string of the molecule is NC(=O)c1cc(F)c(NC2CCCCC2N)nc1Nc1ccc2[nH]ncc2c1. The summed E-state index contributed by atoms with van der Waals surface area (Å²) >= 11 is 0. The number of carbonyl (C=O) groups is 1. The summed E-state index contributed by atoms with van der Waals surface area (Å²) < 4.78 is 14.6. The summed E-state index contributed by atoms with van der Waals surface area (Å²) in [4.78, 5) is 16.1. The highest BCUT2D eigenvalue weighted by molar-refractivity contribution is 5.99. The number of primary amides is 1. The summed E-state index contributed by atoms with van der Waals surface area (Å²) in [7, 11) is 0. The Balaban J connectivity index is 1.66. The summed E-state index contributed by atoms with van der Waals surface area (Å²) in [6.45, 7) is 0. The highest BCUT2D eigenvalue weighted by atomic mass is 19.1. The minimum absolute atomic E-state index is 0.0247. The molecule has 1 amide bonds. The Bertz CT molecular complexity index is 1020. The van der Waals surface area contributed by atoms with Gasteiger partial charge in [0.25, 0.3) is 5.91 Å². The molecule has 1 aliphatic rings. The molecule has 2 aromatic heterocycles. The van der Waals surface area contributed by atoms with Crippen molar-refractivity contribution in [1.82, 2.24) is 15.2 Å². The monoisotopic (exact) mass is 383 g/mol. The molecule has 0 saturated heterocycles. The first-order valence-electron chi connectivity index (χ1n) is 9.24. The first-order valence-corrected chi connectivity index (χ1v) is 9.24. The van der Waals surface area contributed by atoms with Gasteiger partial charge in [0.2, 0.25) is 0 Å². The summed E-state index contributed by atoms with van der Waals surface area (Å²) in [6, 6.07) is 6.47. The maximum Gasteiger partial charge on any atom is 0.252 e. The third-order valence-electron chi connectivity index (χ3n) is 5.09. The summed E-state index contributed by atoms with van der Waals surface area (Å²) in [5, 5.41) is 13.9. The number of pyridine rings is 1. The molecule has 0 bridgehead atoms. The molecular formula is C19H22FN7O. The van der Waals surface area contributed by atoms with E-state index in [4.69, 9.17) is 11.5 Å². The number of aromatic amines is 1. The molecule has 7 N–H and O–H groups in total. The normalized spacial score (nSPS) is 19.5. The first-order chi connectivity index (χ1) is 13.5. The van der Waals surface area contributed by atoms with Crippen LogP contribution in [0.25, 0.3) is 10.9 Å². The van der Waals surface area contributed by atoms with Crippen molar-refractivity contribution in [2.75, 3.05) is 10.6 Å². The highest BCUT2D eigenvalue weighted by Gasteiger charge is 2.24. The maximum atomic E-state index is 14.6. The Morgan fingerprint density at radius 2 is 2.04 bits per heavy atom. The van der Waals surface area contributed by atoms with Gasteiger partial charge in [0.15, 0.2) is 11.6 Å². The van der Waals surface area contributed by atoms with Crippen molar-refractivity contribution in [2.24, 2.45) is 11.5 Å². The number of anilines is 3. The third-order valence-corrected chi connectivity index (χ3v) is 5.09. The molecule has 1 aromatic carbocycles. The lowest BCUT2D eigenvalue weighted by molar-refractivity contribution is 0.100. The number of carbonyl (C=O) groups excluding carboxylic acids is 1. The zero-order valence-electron chi connectivity index (χ0n) is 15.2. The minimum Gasteiger partial charge on any atom is -0.365 e. The fourth-order valence-electron chi connectivity index (χ4n) is 3.54. The van der Waals surface area contributed by atoms with E-state index in [0.717, 1.165) is 42.7 Å². The lowest BCUT2D eigenvalue weighted by Gasteiger charge is -2.30. The fourth-order valence-corrected chi connectivity index (χ4v) is 3.54. The molecule has 1 aliphatic carbocycles. The van der Waals surface area contributed by atoms with Crippen LogP contribution >= 0.6 is 0 Å². The maximum absolute atomic E-state index is 14.6. The number of hydrogen-bond acceptors (Lipinski definition) is 6. The van der Waals surface area contributed by atoms with E-state index in [1.165, 1.54) is 0 Å². The van der Waals surface area contributed by atoms with Crippen LogP contribution in [0.15, 0.2) is 30.5 Å². The number of fused-ring (bicyclic) bond motifs is 1. The van der Waals surface area contributed by atoms with Gasteiger partial charge in [-0.1, -0.05) is 12.8 Å². The standard InChI is InChI=1S/C19H22FN7O/c20-13-8-12(17(22)28)18(24-11-5-6-15-10(7-11)9-23-27-15)26-19(13)25-16-4-2-1-3-14(16)21/h5-9,14,16H,1-4,21H2,(H2,22,28)(H,23,27)(H2,24,25,26). The topological polar surface area (TPSA) is 135 Å². The molecule has 4 rings (SSSR count). The molecule has 8 nitrogen and oxygen atoms in total. The van der Waals surface area contributed by atoms with E-state index in [2.05, 4.69) is 25.8 Å². The Morgan fingerprint density at radius 1 is 1.21 bits per heavy atom. The first kappa shape index (κ1) is 18.2. The van der Waals surface area contributed by atoms with Gasteiger partial charge in [-0.05, 0) is 37.1 Å². The molecule has 1 fully saturated rings. The Kier molecular flexibility index (Phi) is 4.82. The number of amides is 1. The smallest absolute Gasteiger partial charge is 0.252 e. The van der Waals surface area contributed by atoms with Crippen LogP contribution in [-0.2, 0) is 0 Å². The number of nitrogens with two attached hydrogens (primary N) is 2. The Labute approximate surface area is 160 Å². The van der Waals surface area contributed by atoms with E-state index < -0.39 is 11.7 Å². The molecule has 0 aliphatic heterocycles. The van der Waals surface area contributed by atoms with Gasteiger partial charge in [-0.15, -0.1) is 0 Å². The quantitative estimate of drug-likeness (QED) is 0.460. The number of aromatic nitrogens is 3. The van der Waals surface area contributed by atoms with Crippen molar-refractivity contribution < 1.29 is 9.18 Å². The van der Waals surface area contributed by atoms with Gasteiger partial charge >= 0.3 is 0 Å². The van der Waals surface area contributed by atoms with Crippen LogP contribution in [-0.4, -0.2) is 33.2 Å². The van der Waals surface area contributed by atoms with Gasteiger partial charge in [0, 0.05) is 23.2 Å². The van der Waals surface area contributed by atoms with Crippen molar-refractivity contribution in [3.05, 3.63) is 41.8 Å². The Morgan fingerprint density at radius 3 is 2.82 bits per heavy atom. The van der Waals surface area contributed by atoms with E-state index in [1.807, 2.05) is 12.1 Å². The van der Waals surface area contributed by atoms with Gasteiger partial charge in [0.1, 0.15) is 5.82 Å². The van der Waals surface area contributed by atoms with Gasteiger partial charge in [0.05, 0.1) is 17.3 Å². The lowest BCUT2D eigenvalue weighted by atomic mass is 9.91. The molecule has 2 atom stereocenters. The van der Waals surface area contributed by atoms with Crippen molar-refractivity contribution in [2.45, 2.75) is 37.8 Å². The van der Waals surface area contributed by atoms with Crippen LogP contribution in [0.5, 0.6) is 0 Å². The molecule has 0 radical (unpaired) electrons. The molecule has 2 unspecified atom stereocenters. The molecule has 1 saturated carbocycles. The largest absolute Gasteiger partial charge is 0.365 e. The fraction of sp³-hybridized carbons (Fsp3) is 0.316. The van der Waals surface area contributed by atoms with Crippen LogP contribution in [0.1, 0.15) is 36.0 Å². The van der Waals surface area contributed by atoms with Crippen LogP contribution < -0.4 is 22.1 Å². The van der Waals surface area contributed by atoms with Crippen molar-refractivity contribution in [3.8, 4) is 0 Å². The van der Waals surface area contributed by atoms with Gasteiger partial charge in [-0.25, -0.2) is 9.37 Å². The zero-order chi connectivity index (χ0) is 19.7. The predicted octanol–water partition coefficient (Wildman–Crippen LogP) is 2.62. The van der Waals surface area contributed by atoms with Crippen molar-refractivity contribution in [1.29, 1.82) is 0 Å². The molecule has 2 heterocycles. The second-order valence-corrected chi connectivity index (χ2v) is 7.08. The van der Waals surface area contributed by atoms with E-state index in [1.54, 1.807) is 12.3 Å². The number of hydrogen-bond donors (Lipinski definition) is 5. The van der Waals surface area contributed by atoms with Crippen molar-refractivity contribution in [3.63, 3.8) is 0 Å².